The summed E-state index contributed by atoms with van der Waals surface area (Å²) in [6, 6.07) is 7.79. The summed E-state index contributed by atoms with van der Waals surface area (Å²) in [5, 5.41) is 6.71. The largest absolute Gasteiger partial charge is 0.335 e. The highest BCUT2D eigenvalue weighted by Crippen LogP contribution is 2.19. The standard InChI is InChI=1S/C15H21ClN2O/c1-11(12-6-5-7-13(16)10-12)17-15(19)18-14-8-3-2-4-9-14/h5-7,10-11,14H,2-4,8-9H2,1H3,(H2,17,18,19). The van der Waals surface area contributed by atoms with Crippen molar-refractivity contribution < 1.29 is 4.79 Å². The second-order valence-electron chi connectivity index (χ2n) is 5.23. The lowest BCUT2D eigenvalue weighted by molar-refractivity contribution is 0.229. The number of halogens is 1. The van der Waals surface area contributed by atoms with Crippen LogP contribution in [0.15, 0.2) is 24.3 Å². The summed E-state index contributed by atoms with van der Waals surface area (Å²) in [6.07, 6.45) is 5.92. The number of benzene rings is 1. The first kappa shape index (κ1) is 14.2. The third-order valence-electron chi connectivity index (χ3n) is 3.64. The number of amides is 2. The molecule has 19 heavy (non-hydrogen) atoms. The van der Waals surface area contributed by atoms with Gasteiger partial charge in [-0.25, -0.2) is 4.79 Å². The molecule has 4 heteroatoms. The Morgan fingerprint density at radius 2 is 2.05 bits per heavy atom. The van der Waals surface area contributed by atoms with E-state index in [2.05, 4.69) is 10.6 Å². The highest BCUT2D eigenvalue weighted by molar-refractivity contribution is 6.30. The molecule has 1 aliphatic carbocycles. The first-order chi connectivity index (χ1) is 9.15. The normalized spacial score (nSPS) is 17.8. The highest BCUT2D eigenvalue weighted by atomic mass is 35.5. The van der Waals surface area contributed by atoms with Crippen molar-refractivity contribution in [2.75, 3.05) is 0 Å². The Hall–Kier alpha value is -1.22. The minimum atomic E-state index is -0.0839. The van der Waals surface area contributed by atoms with Crippen molar-refractivity contribution in [2.45, 2.75) is 51.1 Å². The maximum Gasteiger partial charge on any atom is 0.315 e. The molecule has 0 aromatic heterocycles. The third-order valence-corrected chi connectivity index (χ3v) is 3.87. The van der Waals surface area contributed by atoms with E-state index in [0.29, 0.717) is 11.1 Å². The van der Waals surface area contributed by atoms with Gasteiger partial charge in [-0.1, -0.05) is 43.0 Å². The van der Waals surface area contributed by atoms with Crippen molar-refractivity contribution in [3.63, 3.8) is 0 Å². The van der Waals surface area contributed by atoms with E-state index in [-0.39, 0.29) is 12.1 Å². The van der Waals surface area contributed by atoms with Crippen molar-refractivity contribution >= 4 is 17.6 Å². The van der Waals surface area contributed by atoms with Crippen molar-refractivity contribution in [1.82, 2.24) is 10.6 Å². The predicted molar refractivity (Wildman–Crippen MR) is 78.4 cm³/mol. The van der Waals surface area contributed by atoms with E-state index in [1.807, 2.05) is 31.2 Å². The van der Waals surface area contributed by atoms with Gasteiger partial charge in [0.2, 0.25) is 0 Å². The molecular weight excluding hydrogens is 260 g/mol. The van der Waals surface area contributed by atoms with Crippen LogP contribution in [0.2, 0.25) is 5.02 Å². The molecule has 1 aromatic rings. The van der Waals surface area contributed by atoms with Crippen molar-refractivity contribution in [1.29, 1.82) is 0 Å². The summed E-state index contributed by atoms with van der Waals surface area (Å²) in [6.45, 7) is 1.96. The molecule has 0 saturated heterocycles. The molecule has 2 amide bonds. The SMILES string of the molecule is CC(NC(=O)NC1CCCCC1)c1cccc(Cl)c1. The van der Waals surface area contributed by atoms with Gasteiger partial charge in [0.1, 0.15) is 0 Å². The van der Waals surface area contributed by atoms with Crippen molar-refractivity contribution in [2.24, 2.45) is 0 Å². The maximum atomic E-state index is 11.9. The summed E-state index contributed by atoms with van der Waals surface area (Å²) in [4.78, 5) is 11.9. The van der Waals surface area contributed by atoms with Gasteiger partial charge in [-0.2, -0.15) is 0 Å². The fourth-order valence-electron chi connectivity index (χ4n) is 2.53. The quantitative estimate of drug-likeness (QED) is 0.862. The van der Waals surface area contributed by atoms with Crippen LogP contribution < -0.4 is 10.6 Å². The molecule has 0 radical (unpaired) electrons. The number of carbonyl (C=O) groups is 1. The van der Waals surface area contributed by atoms with Gasteiger partial charge in [-0.3, -0.25) is 0 Å². The average molecular weight is 281 g/mol. The minimum Gasteiger partial charge on any atom is -0.335 e. The second-order valence-corrected chi connectivity index (χ2v) is 5.67. The molecule has 0 spiro atoms. The van der Waals surface area contributed by atoms with Gasteiger partial charge >= 0.3 is 6.03 Å². The summed E-state index contributed by atoms with van der Waals surface area (Å²) in [5.74, 6) is 0. The molecule has 1 fully saturated rings. The van der Waals surface area contributed by atoms with Crippen LogP contribution in [0, 0.1) is 0 Å². The summed E-state index contributed by atoms with van der Waals surface area (Å²) in [7, 11) is 0. The number of carbonyl (C=O) groups excluding carboxylic acids is 1. The second kappa shape index (κ2) is 6.80. The van der Waals surface area contributed by atoms with E-state index in [1.54, 1.807) is 0 Å². The summed E-state index contributed by atoms with van der Waals surface area (Å²) >= 11 is 5.95. The topological polar surface area (TPSA) is 41.1 Å². The van der Waals surface area contributed by atoms with Gasteiger partial charge in [0, 0.05) is 11.1 Å². The monoisotopic (exact) mass is 280 g/mol. The number of hydrogen-bond acceptors (Lipinski definition) is 1. The van der Waals surface area contributed by atoms with Gasteiger partial charge in [-0.15, -0.1) is 0 Å². The van der Waals surface area contributed by atoms with Crippen LogP contribution in [0.5, 0.6) is 0 Å². The number of rotatable bonds is 3. The number of urea groups is 1. The van der Waals surface area contributed by atoms with Crippen LogP contribution >= 0.6 is 11.6 Å². The lowest BCUT2D eigenvalue weighted by Gasteiger charge is -2.24. The first-order valence-corrected chi connectivity index (χ1v) is 7.35. The van der Waals surface area contributed by atoms with E-state index in [0.717, 1.165) is 18.4 Å². The molecule has 1 atom stereocenters. The number of nitrogens with one attached hydrogen (secondary N) is 2. The number of hydrogen-bond donors (Lipinski definition) is 2. The lowest BCUT2D eigenvalue weighted by atomic mass is 9.96. The van der Waals surface area contributed by atoms with Crippen molar-refractivity contribution in [3.8, 4) is 0 Å². The summed E-state index contributed by atoms with van der Waals surface area (Å²) in [5.41, 5.74) is 1.02. The predicted octanol–water partition coefficient (Wildman–Crippen LogP) is 4.03. The van der Waals surface area contributed by atoms with Gasteiger partial charge in [0.25, 0.3) is 0 Å². The maximum absolute atomic E-state index is 11.9. The molecule has 0 aliphatic heterocycles. The molecule has 1 aliphatic rings. The highest BCUT2D eigenvalue weighted by Gasteiger charge is 2.17. The zero-order valence-electron chi connectivity index (χ0n) is 11.3. The van der Waals surface area contributed by atoms with E-state index in [4.69, 9.17) is 11.6 Å². The molecule has 2 rings (SSSR count). The third kappa shape index (κ3) is 4.43. The van der Waals surface area contributed by atoms with Crippen LogP contribution in [-0.2, 0) is 0 Å². The molecule has 1 unspecified atom stereocenters. The molecule has 2 N–H and O–H groups in total. The Kier molecular flexibility index (Phi) is 5.08. The Morgan fingerprint density at radius 3 is 2.74 bits per heavy atom. The van der Waals surface area contributed by atoms with Gasteiger partial charge in [0.15, 0.2) is 0 Å². The zero-order chi connectivity index (χ0) is 13.7. The fraction of sp³-hybridized carbons (Fsp3) is 0.533. The van der Waals surface area contributed by atoms with Gasteiger partial charge < -0.3 is 10.6 Å². The molecule has 3 nitrogen and oxygen atoms in total. The molecule has 1 aromatic carbocycles. The molecule has 1 saturated carbocycles. The van der Waals surface area contributed by atoms with Crippen LogP contribution in [0.1, 0.15) is 50.6 Å². The van der Waals surface area contributed by atoms with E-state index in [9.17, 15) is 4.79 Å². The smallest absolute Gasteiger partial charge is 0.315 e. The van der Waals surface area contributed by atoms with Crippen molar-refractivity contribution in [3.05, 3.63) is 34.9 Å². The molecule has 0 heterocycles. The average Bonchev–Trinajstić information content (AvgIpc) is 2.39. The Labute approximate surface area is 119 Å². The minimum absolute atomic E-state index is 0.0395. The Balaban J connectivity index is 1.84. The molecular formula is C15H21ClN2O. The van der Waals surface area contributed by atoms with Gasteiger partial charge in [0.05, 0.1) is 6.04 Å². The van der Waals surface area contributed by atoms with Crippen LogP contribution in [-0.4, -0.2) is 12.1 Å². The van der Waals surface area contributed by atoms with Crippen LogP contribution in [0.3, 0.4) is 0 Å². The Morgan fingerprint density at radius 1 is 1.32 bits per heavy atom. The van der Waals surface area contributed by atoms with E-state index < -0.39 is 0 Å². The van der Waals surface area contributed by atoms with Crippen LogP contribution in [0.25, 0.3) is 0 Å². The Bertz CT molecular complexity index is 430. The molecule has 104 valence electrons. The zero-order valence-corrected chi connectivity index (χ0v) is 12.0. The lowest BCUT2D eigenvalue weighted by Crippen LogP contribution is -2.43. The molecule has 0 bridgehead atoms. The van der Waals surface area contributed by atoms with Crippen LogP contribution in [0.4, 0.5) is 4.79 Å². The fourth-order valence-corrected chi connectivity index (χ4v) is 2.73. The first-order valence-electron chi connectivity index (χ1n) is 6.97. The van der Waals surface area contributed by atoms with E-state index >= 15 is 0 Å². The van der Waals surface area contributed by atoms with Gasteiger partial charge in [-0.05, 0) is 37.5 Å². The van der Waals surface area contributed by atoms with E-state index in [1.165, 1.54) is 19.3 Å². The summed E-state index contributed by atoms with van der Waals surface area (Å²) < 4.78 is 0.